The lowest BCUT2D eigenvalue weighted by molar-refractivity contribution is -0.114. The first kappa shape index (κ1) is 22.0. The van der Waals surface area contributed by atoms with E-state index in [1.54, 1.807) is 48.5 Å². The molecule has 8 heteroatoms. The lowest BCUT2D eigenvalue weighted by atomic mass is 10.2. The topological polar surface area (TPSA) is 87.3 Å². The van der Waals surface area contributed by atoms with Gasteiger partial charge in [-0.1, -0.05) is 18.2 Å². The first-order valence-electron chi connectivity index (χ1n) is 9.37. The van der Waals surface area contributed by atoms with Crippen molar-refractivity contribution in [3.63, 3.8) is 0 Å². The number of halogens is 1. The van der Waals surface area contributed by atoms with E-state index in [1.807, 2.05) is 6.07 Å². The van der Waals surface area contributed by atoms with E-state index in [2.05, 4.69) is 16.0 Å². The molecule has 3 aromatic rings. The van der Waals surface area contributed by atoms with Gasteiger partial charge in [-0.2, -0.15) is 0 Å². The Labute approximate surface area is 183 Å². The van der Waals surface area contributed by atoms with Crippen molar-refractivity contribution >= 4 is 46.5 Å². The molecule has 31 heavy (non-hydrogen) atoms. The van der Waals surface area contributed by atoms with Crippen molar-refractivity contribution in [3.05, 3.63) is 84.2 Å². The van der Waals surface area contributed by atoms with Gasteiger partial charge in [0.1, 0.15) is 5.82 Å². The first-order valence-corrected chi connectivity index (χ1v) is 10.4. The largest absolute Gasteiger partial charge is 0.326 e. The smallest absolute Gasteiger partial charge is 0.258 e. The van der Waals surface area contributed by atoms with Gasteiger partial charge in [-0.3, -0.25) is 14.4 Å². The van der Waals surface area contributed by atoms with Gasteiger partial charge in [0.25, 0.3) is 5.91 Å². The van der Waals surface area contributed by atoms with Crippen molar-refractivity contribution in [3.8, 4) is 0 Å². The summed E-state index contributed by atoms with van der Waals surface area (Å²) in [5, 5.41) is 8.10. The molecule has 0 radical (unpaired) electrons. The highest BCUT2D eigenvalue weighted by Gasteiger charge is 2.11. The summed E-state index contributed by atoms with van der Waals surface area (Å²) in [6, 6.07) is 19.5. The summed E-state index contributed by atoms with van der Waals surface area (Å²) in [7, 11) is 0. The van der Waals surface area contributed by atoms with Crippen LogP contribution in [0.3, 0.4) is 0 Å². The molecule has 0 unspecified atom stereocenters. The Morgan fingerprint density at radius 2 is 1.48 bits per heavy atom. The fraction of sp³-hybridized carbons (Fsp3) is 0.0870. The van der Waals surface area contributed by atoms with Crippen LogP contribution in [-0.4, -0.2) is 23.5 Å². The highest BCUT2D eigenvalue weighted by Crippen LogP contribution is 2.23. The molecule has 3 amide bonds. The van der Waals surface area contributed by atoms with Gasteiger partial charge in [0.2, 0.25) is 11.8 Å². The average Bonchev–Trinajstić information content (AvgIpc) is 2.74. The zero-order valence-electron chi connectivity index (χ0n) is 16.6. The standard InChI is InChI=1S/C23H20FN3O3S/c1-15(28)25-16-9-11-17(12-10-16)26-22(29)14-31-19-6-4-5-18(13-19)27-23(30)20-7-2-3-8-21(20)24/h2-13H,14H2,1H3,(H,25,28)(H,26,29)(H,27,30). The molecule has 158 valence electrons. The van der Waals surface area contributed by atoms with Gasteiger partial charge in [-0.25, -0.2) is 4.39 Å². The zero-order valence-corrected chi connectivity index (χ0v) is 17.5. The van der Waals surface area contributed by atoms with Crippen molar-refractivity contribution < 1.29 is 18.8 Å². The van der Waals surface area contributed by atoms with Crippen molar-refractivity contribution in [1.29, 1.82) is 0 Å². The summed E-state index contributed by atoms with van der Waals surface area (Å²) in [6.07, 6.45) is 0. The summed E-state index contributed by atoms with van der Waals surface area (Å²) in [6.45, 7) is 1.42. The fourth-order valence-corrected chi connectivity index (χ4v) is 3.45. The van der Waals surface area contributed by atoms with Crippen LogP contribution in [0.5, 0.6) is 0 Å². The summed E-state index contributed by atoms with van der Waals surface area (Å²) >= 11 is 1.31. The molecule has 6 nitrogen and oxygen atoms in total. The molecule has 0 aliphatic rings. The average molecular weight is 437 g/mol. The summed E-state index contributed by atoms with van der Waals surface area (Å²) < 4.78 is 13.8. The molecular weight excluding hydrogens is 417 g/mol. The van der Waals surface area contributed by atoms with Gasteiger partial charge in [0.15, 0.2) is 0 Å². The van der Waals surface area contributed by atoms with Crippen molar-refractivity contribution in [2.75, 3.05) is 21.7 Å². The van der Waals surface area contributed by atoms with Crippen LogP contribution in [0.25, 0.3) is 0 Å². The molecule has 0 spiro atoms. The molecule has 0 aromatic heterocycles. The Kier molecular flexibility index (Phi) is 7.40. The van der Waals surface area contributed by atoms with Crippen LogP contribution in [0.15, 0.2) is 77.7 Å². The van der Waals surface area contributed by atoms with Crippen LogP contribution < -0.4 is 16.0 Å². The van der Waals surface area contributed by atoms with E-state index >= 15 is 0 Å². The highest BCUT2D eigenvalue weighted by molar-refractivity contribution is 8.00. The fourth-order valence-electron chi connectivity index (χ4n) is 2.69. The minimum atomic E-state index is -0.590. The third-order valence-electron chi connectivity index (χ3n) is 4.07. The Balaban J connectivity index is 1.53. The highest BCUT2D eigenvalue weighted by atomic mass is 32.2. The van der Waals surface area contributed by atoms with Crippen molar-refractivity contribution in [2.24, 2.45) is 0 Å². The third kappa shape index (κ3) is 6.68. The number of amides is 3. The Hall–Kier alpha value is -3.65. The van der Waals surface area contributed by atoms with Gasteiger partial charge in [-0.15, -0.1) is 11.8 Å². The van der Waals surface area contributed by atoms with E-state index in [9.17, 15) is 18.8 Å². The summed E-state index contributed by atoms with van der Waals surface area (Å²) in [5.41, 5.74) is 1.73. The van der Waals surface area contributed by atoms with Crippen LogP contribution in [0.1, 0.15) is 17.3 Å². The number of hydrogen-bond donors (Lipinski definition) is 3. The predicted octanol–water partition coefficient (Wildman–Crippen LogP) is 4.77. The van der Waals surface area contributed by atoms with E-state index in [1.165, 1.54) is 36.9 Å². The number of anilines is 3. The maximum absolute atomic E-state index is 13.8. The van der Waals surface area contributed by atoms with Crippen LogP contribution in [-0.2, 0) is 9.59 Å². The first-order chi connectivity index (χ1) is 14.9. The van der Waals surface area contributed by atoms with Gasteiger partial charge < -0.3 is 16.0 Å². The lowest BCUT2D eigenvalue weighted by Gasteiger charge is -2.09. The van der Waals surface area contributed by atoms with Gasteiger partial charge in [-0.05, 0) is 54.6 Å². The molecule has 3 aromatic carbocycles. The molecule has 0 aliphatic carbocycles. The molecule has 3 N–H and O–H groups in total. The maximum Gasteiger partial charge on any atom is 0.258 e. The summed E-state index contributed by atoms with van der Waals surface area (Å²) in [4.78, 5) is 36.3. The predicted molar refractivity (Wildman–Crippen MR) is 121 cm³/mol. The van der Waals surface area contributed by atoms with Crippen LogP contribution >= 0.6 is 11.8 Å². The molecular formula is C23H20FN3O3S. The SMILES string of the molecule is CC(=O)Nc1ccc(NC(=O)CSc2cccc(NC(=O)c3ccccc3F)c2)cc1. The number of nitrogens with one attached hydrogen (secondary N) is 3. The molecule has 0 aliphatic heterocycles. The summed E-state index contributed by atoms with van der Waals surface area (Å²) in [5.74, 6) is -1.33. The van der Waals surface area contributed by atoms with Crippen LogP contribution in [0.2, 0.25) is 0 Å². The van der Waals surface area contributed by atoms with E-state index in [0.29, 0.717) is 17.1 Å². The Morgan fingerprint density at radius 3 is 2.16 bits per heavy atom. The number of rotatable bonds is 7. The Morgan fingerprint density at radius 1 is 0.806 bits per heavy atom. The molecule has 0 bridgehead atoms. The van der Waals surface area contributed by atoms with Gasteiger partial charge in [0, 0.05) is 28.9 Å². The molecule has 0 fully saturated rings. The van der Waals surface area contributed by atoms with Crippen molar-refractivity contribution in [2.45, 2.75) is 11.8 Å². The van der Waals surface area contributed by atoms with E-state index in [-0.39, 0.29) is 23.1 Å². The monoisotopic (exact) mass is 437 g/mol. The van der Waals surface area contributed by atoms with Crippen LogP contribution in [0, 0.1) is 5.82 Å². The number of thioether (sulfide) groups is 1. The normalized spacial score (nSPS) is 10.3. The third-order valence-corrected chi connectivity index (χ3v) is 5.06. The molecule has 0 saturated heterocycles. The van der Waals surface area contributed by atoms with E-state index < -0.39 is 11.7 Å². The molecule has 0 heterocycles. The second kappa shape index (κ2) is 10.4. The van der Waals surface area contributed by atoms with Gasteiger partial charge in [0.05, 0.1) is 11.3 Å². The number of carbonyl (C=O) groups is 3. The zero-order chi connectivity index (χ0) is 22.2. The lowest BCUT2D eigenvalue weighted by Crippen LogP contribution is -2.14. The van der Waals surface area contributed by atoms with E-state index in [0.717, 1.165) is 4.90 Å². The second-order valence-corrected chi connectivity index (χ2v) is 7.61. The van der Waals surface area contributed by atoms with Crippen molar-refractivity contribution in [1.82, 2.24) is 0 Å². The minimum absolute atomic E-state index is 0.0375. The maximum atomic E-state index is 13.8. The Bertz CT molecular complexity index is 1100. The number of hydrogen-bond acceptors (Lipinski definition) is 4. The molecule has 0 saturated carbocycles. The van der Waals surface area contributed by atoms with Gasteiger partial charge >= 0.3 is 0 Å². The quantitative estimate of drug-likeness (QED) is 0.465. The second-order valence-electron chi connectivity index (χ2n) is 6.56. The van der Waals surface area contributed by atoms with E-state index in [4.69, 9.17) is 0 Å². The van der Waals surface area contributed by atoms with Crippen LogP contribution in [0.4, 0.5) is 21.5 Å². The number of carbonyl (C=O) groups excluding carboxylic acids is 3. The number of benzene rings is 3. The molecule has 0 atom stereocenters. The minimum Gasteiger partial charge on any atom is -0.326 e. The molecule has 3 rings (SSSR count).